The SMILES string of the molecule is CC(=O)C1=CCC2C3CCC4=CC(=O)NCCC4(C)C3CCC12C. The summed E-state index contributed by atoms with van der Waals surface area (Å²) >= 11 is 0. The van der Waals surface area contributed by atoms with Crippen molar-refractivity contribution in [2.45, 2.75) is 59.3 Å². The monoisotopic (exact) mass is 327 g/mol. The summed E-state index contributed by atoms with van der Waals surface area (Å²) < 4.78 is 0. The number of allylic oxidation sites excluding steroid dienone is 3. The summed E-state index contributed by atoms with van der Waals surface area (Å²) in [6, 6.07) is 0. The second-order valence-electron chi connectivity index (χ2n) is 8.91. The predicted molar refractivity (Wildman–Crippen MR) is 94.2 cm³/mol. The molecule has 1 aliphatic heterocycles. The number of hydrogen-bond donors (Lipinski definition) is 1. The van der Waals surface area contributed by atoms with Crippen LogP contribution in [0.1, 0.15) is 59.3 Å². The van der Waals surface area contributed by atoms with Crippen molar-refractivity contribution in [3.8, 4) is 0 Å². The van der Waals surface area contributed by atoms with Crippen LogP contribution in [0.15, 0.2) is 23.3 Å². The molecule has 4 rings (SSSR count). The van der Waals surface area contributed by atoms with Crippen molar-refractivity contribution in [3.05, 3.63) is 23.3 Å². The lowest BCUT2D eigenvalue weighted by atomic mass is 9.47. The van der Waals surface area contributed by atoms with Crippen molar-refractivity contribution in [3.63, 3.8) is 0 Å². The van der Waals surface area contributed by atoms with E-state index in [0.29, 0.717) is 17.8 Å². The van der Waals surface area contributed by atoms with Crippen LogP contribution in [0.4, 0.5) is 0 Å². The van der Waals surface area contributed by atoms with Crippen molar-refractivity contribution in [1.29, 1.82) is 0 Å². The van der Waals surface area contributed by atoms with Gasteiger partial charge in [0.25, 0.3) is 0 Å². The molecule has 1 N–H and O–H groups in total. The third-order valence-electron chi connectivity index (χ3n) is 7.95. The summed E-state index contributed by atoms with van der Waals surface area (Å²) in [7, 11) is 0. The normalized spacial score (nSPS) is 44.3. The number of ketones is 1. The number of carbonyl (C=O) groups excluding carboxylic acids is 2. The average Bonchev–Trinajstić information content (AvgIpc) is 2.79. The van der Waals surface area contributed by atoms with Gasteiger partial charge in [0.2, 0.25) is 5.91 Å². The Morgan fingerprint density at radius 1 is 1.17 bits per heavy atom. The highest BCUT2D eigenvalue weighted by molar-refractivity contribution is 5.95. The molecule has 3 nitrogen and oxygen atoms in total. The summed E-state index contributed by atoms with van der Waals surface area (Å²) in [6.45, 7) is 7.25. The van der Waals surface area contributed by atoms with E-state index < -0.39 is 0 Å². The molecule has 3 aliphatic carbocycles. The fourth-order valence-electron chi connectivity index (χ4n) is 6.68. The van der Waals surface area contributed by atoms with Crippen LogP contribution in [0, 0.1) is 28.6 Å². The Labute approximate surface area is 145 Å². The molecule has 5 atom stereocenters. The van der Waals surface area contributed by atoms with E-state index in [0.717, 1.165) is 37.8 Å². The molecule has 0 bridgehead atoms. The summed E-state index contributed by atoms with van der Waals surface area (Å²) in [5, 5.41) is 3.03. The zero-order valence-corrected chi connectivity index (χ0v) is 15.2. The molecule has 2 saturated carbocycles. The number of fused-ring (bicyclic) bond motifs is 5. The number of amides is 1. The van der Waals surface area contributed by atoms with Crippen LogP contribution < -0.4 is 5.32 Å². The average molecular weight is 327 g/mol. The first-order valence-electron chi connectivity index (χ1n) is 9.57. The number of hydrogen-bond acceptors (Lipinski definition) is 2. The Balaban J connectivity index is 1.68. The Bertz CT molecular complexity index is 661. The number of carbonyl (C=O) groups is 2. The van der Waals surface area contributed by atoms with Gasteiger partial charge in [-0.15, -0.1) is 0 Å². The largest absolute Gasteiger partial charge is 0.353 e. The van der Waals surface area contributed by atoms with E-state index in [2.05, 4.69) is 25.2 Å². The second-order valence-corrected chi connectivity index (χ2v) is 8.91. The fraction of sp³-hybridized carbons (Fsp3) is 0.714. The van der Waals surface area contributed by atoms with Gasteiger partial charge in [-0.1, -0.05) is 25.5 Å². The minimum atomic E-state index is 0.0867. The third-order valence-corrected chi connectivity index (χ3v) is 7.95. The first-order valence-corrected chi connectivity index (χ1v) is 9.57. The predicted octanol–water partition coefficient (Wildman–Crippen LogP) is 3.80. The van der Waals surface area contributed by atoms with Crippen LogP contribution in [0.3, 0.4) is 0 Å². The quantitative estimate of drug-likeness (QED) is 0.796. The molecular formula is C21H29NO2. The molecule has 0 saturated heterocycles. The fourth-order valence-corrected chi connectivity index (χ4v) is 6.68. The third kappa shape index (κ3) is 2.09. The van der Waals surface area contributed by atoms with Crippen molar-refractivity contribution < 1.29 is 9.59 Å². The molecule has 5 unspecified atom stereocenters. The van der Waals surface area contributed by atoms with E-state index in [9.17, 15) is 9.59 Å². The van der Waals surface area contributed by atoms with Crippen molar-refractivity contribution in [2.24, 2.45) is 28.6 Å². The molecule has 130 valence electrons. The molecule has 2 fully saturated rings. The minimum Gasteiger partial charge on any atom is -0.353 e. The second kappa shape index (κ2) is 5.31. The number of rotatable bonds is 1. The van der Waals surface area contributed by atoms with E-state index in [-0.39, 0.29) is 22.5 Å². The lowest BCUT2D eigenvalue weighted by Crippen LogP contribution is -2.49. The highest BCUT2D eigenvalue weighted by Crippen LogP contribution is 2.64. The Morgan fingerprint density at radius 2 is 1.96 bits per heavy atom. The maximum Gasteiger partial charge on any atom is 0.243 e. The zero-order valence-electron chi connectivity index (χ0n) is 15.2. The van der Waals surface area contributed by atoms with Crippen LogP contribution in [0.2, 0.25) is 0 Å². The molecular weight excluding hydrogens is 298 g/mol. The highest BCUT2D eigenvalue weighted by Gasteiger charge is 2.57. The van der Waals surface area contributed by atoms with Crippen LogP contribution in [0.25, 0.3) is 0 Å². The van der Waals surface area contributed by atoms with Gasteiger partial charge in [0.1, 0.15) is 0 Å². The van der Waals surface area contributed by atoms with Gasteiger partial charge in [-0.05, 0) is 79.6 Å². The van der Waals surface area contributed by atoms with E-state index in [1.165, 1.54) is 18.4 Å². The van der Waals surface area contributed by atoms with E-state index >= 15 is 0 Å². The molecule has 0 aromatic carbocycles. The summed E-state index contributed by atoms with van der Waals surface area (Å²) in [5.74, 6) is 2.31. The standard InChI is InChI=1S/C21H29NO2/c1-13(23)16-6-7-17-15-5-4-14-12-19(24)22-11-10-20(14,2)18(15)8-9-21(16,17)3/h6,12,15,17-18H,4-5,7-11H2,1-3H3,(H,22,24). The number of nitrogens with one attached hydrogen (secondary N) is 1. The minimum absolute atomic E-state index is 0.0867. The zero-order chi connectivity index (χ0) is 17.1. The first-order chi connectivity index (χ1) is 11.4. The Kier molecular flexibility index (Phi) is 3.56. The van der Waals surface area contributed by atoms with Crippen LogP contribution in [-0.2, 0) is 9.59 Å². The van der Waals surface area contributed by atoms with Gasteiger partial charge in [0.15, 0.2) is 5.78 Å². The molecule has 3 heteroatoms. The molecule has 4 aliphatic rings. The molecule has 0 aromatic heterocycles. The lowest BCUT2D eigenvalue weighted by Gasteiger charge is -2.56. The van der Waals surface area contributed by atoms with Crippen LogP contribution in [0.5, 0.6) is 0 Å². The molecule has 24 heavy (non-hydrogen) atoms. The molecule has 1 heterocycles. The van der Waals surface area contributed by atoms with Gasteiger partial charge in [0.05, 0.1) is 0 Å². The van der Waals surface area contributed by atoms with Gasteiger partial charge < -0.3 is 5.32 Å². The van der Waals surface area contributed by atoms with Crippen molar-refractivity contribution in [1.82, 2.24) is 5.32 Å². The highest BCUT2D eigenvalue weighted by atomic mass is 16.1. The van der Waals surface area contributed by atoms with Crippen LogP contribution in [-0.4, -0.2) is 18.2 Å². The van der Waals surface area contributed by atoms with Gasteiger partial charge in [-0.25, -0.2) is 0 Å². The van der Waals surface area contributed by atoms with Crippen molar-refractivity contribution in [2.75, 3.05) is 6.54 Å². The van der Waals surface area contributed by atoms with E-state index in [4.69, 9.17) is 0 Å². The molecule has 0 spiro atoms. The van der Waals surface area contributed by atoms with Gasteiger partial charge in [-0.2, -0.15) is 0 Å². The van der Waals surface area contributed by atoms with Gasteiger partial charge >= 0.3 is 0 Å². The summed E-state index contributed by atoms with van der Waals surface area (Å²) in [4.78, 5) is 24.1. The van der Waals surface area contributed by atoms with E-state index in [1.54, 1.807) is 6.92 Å². The topological polar surface area (TPSA) is 46.2 Å². The summed E-state index contributed by atoms with van der Waals surface area (Å²) in [5.41, 5.74) is 2.71. The van der Waals surface area contributed by atoms with Gasteiger partial charge in [-0.3, -0.25) is 9.59 Å². The lowest BCUT2D eigenvalue weighted by molar-refractivity contribution is -0.117. The Morgan fingerprint density at radius 3 is 2.71 bits per heavy atom. The Hall–Kier alpha value is -1.38. The molecule has 1 amide bonds. The molecule has 0 radical (unpaired) electrons. The number of Topliss-reactive ketones (excluding diaryl/α,β-unsaturated/α-hetero) is 1. The molecule has 0 aromatic rings. The first kappa shape index (κ1) is 16.1. The van der Waals surface area contributed by atoms with Crippen LogP contribution >= 0.6 is 0 Å². The van der Waals surface area contributed by atoms with Crippen molar-refractivity contribution >= 4 is 11.7 Å². The maximum absolute atomic E-state index is 12.1. The maximum atomic E-state index is 12.1. The smallest absolute Gasteiger partial charge is 0.243 e. The summed E-state index contributed by atoms with van der Waals surface area (Å²) in [6.07, 6.45) is 10.8. The van der Waals surface area contributed by atoms with Gasteiger partial charge in [0, 0.05) is 12.6 Å². The van der Waals surface area contributed by atoms with E-state index in [1.807, 2.05) is 6.08 Å².